The van der Waals surface area contributed by atoms with Crippen molar-refractivity contribution in [2.45, 2.75) is 38.8 Å². The highest BCUT2D eigenvalue weighted by Gasteiger charge is 2.45. The zero-order valence-corrected chi connectivity index (χ0v) is 16.9. The summed E-state index contributed by atoms with van der Waals surface area (Å²) < 4.78 is 5.57. The van der Waals surface area contributed by atoms with Crippen molar-refractivity contribution >= 4 is 23.4 Å². The van der Waals surface area contributed by atoms with Gasteiger partial charge in [0.25, 0.3) is 11.8 Å². The van der Waals surface area contributed by atoms with Crippen LogP contribution in [-0.2, 0) is 14.4 Å². The van der Waals surface area contributed by atoms with Crippen molar-refractivity contribution in [2.75, 3.05) is 11.5 Å². The number of para-hydroxylation sites is 1. The Morgan fingerprint density at radius 2 is 1.87 bits per heavy atom. The van der Waals surface area contributed by atoms with Crippen LogP contribution in [0.15, 0.2) is 54.6 Å². The molecule has 2 aromatic rings. The van der Waals surface area contributed by atoms with Crippen molar-refractivity contribution < 1.29 is 19.1 Å². The van der Waals surface area contributed by atoms with Crippen LogP contribution in [0.1, 0.15) is 32.3 Å². The van der Waals surface area contributed by atoms with Gasteiger partial charge in [-0.15, -0.1) is 0 Å². The fraction of sp³-hybridized carbons (Fsp3) is 0.304. The maximum Gasteiger partial charge on any atom is 0.261 e. The number of benzene rings is 2. The second kappa shape index (κ2) is 9.23. The van der Waals surface area contributed by atoms with Crippen molar-refractivity contribution in [3.05, 3.63) is 60.2 Å². The monoisotopic (exact) mass is 405 g/mol. The van der Waals surface area contributed by atoms with Gasteiger partial charge in [-0.05, 0) is 49.7 Å². The summed E-state index contributed by atoms with van der Waals surface area (Å²) in [6.45, 7) is 3.55. The summed E-state index contributed by atoms with van der Waals surface area (Å²) in [6.07, 6.45) is 0.548. The minimum absolute atomic E-state index is 0.0831. The maximum absolute atomic E-state index is 13.1. The molecule has 2 aromatic carbocycles. The smallest absolute Gasteiger partial charge is 0.261 e. The molecule has 1 aliphatic heterocycles. The standard InChI is InChI=1S/C23H23N3O4/c1-3-16(2)25(22(28)15-30-19-7-5-4-6-8-19)20-13-21(27)26(23(20)29)18-11-9-17(14-24)10-12-18/h4-12,16,20H,3,13,15H2,1-2H3. The number of ether oxygens (including phenoxy) is 1. The molecule has 154 valence electrons. The molecule has 7 heteroatoms. The third-order valence-corrected chi connectivity index (χ3v) is 5.17. The van der Waals surface area contributed by atoms with Crippen LogP contribution in [-0.4, -0.2) is 41.3 Å². The molecule has 1 fully saturated rings. The number of nitrogens with zero attached hydrogens (tertiary/aromatic N) is 3. The lowest BCUT2D eigenvalue weighted by Gasteiger charge is -2.32. The molecule has 0 aliphatic carbocycles. The van der Waals surface area contributed by atoms with Crippen LogP contribution in [0.3, 0.4) is 0 Å². The zero-order chi connectivity index (χ0) is 21.7. The largest absolute Gasteiger partial charge is 0.484 e. The van der Waals surface area contributed by atoms with Gasteiger partial charge in [0.2, 0.25) is 5.91 Å². The number of hydrogen-bond donors (Lipinski definition) is 0. The molecule has 1 aliphatic rings. The van der Waals surface area contributed by atoms with Gasteiger partial charge in [0.15, 0.2) is 6.61 Å². The number of carbonyl (C=O) groups is 3. The van der Waals surface area contributed by atoms with E-state index in [9.17, 15) is 14.4 Å². The van der Waals surface area contributed by atoms with Crippen LogP contribution in [0.5, 0.6) is 5.75 Å². The Kier molecular flexibility index (Phi) is 6.48. The third-order valence-electron chi connectivity index (χ3n) is 5.17. The third kappa shape index (κ3) is 4.33. The average molecular weight is 405 g/mol. The maximum atomic E-state index is 13.1. The van der Waals surface area contributed by atoms with Gasteiger partial charge in [-0.3, -0.25) is 14.4 Å². The highest BCUT2D eigenvalue weighted by Crippen LogP contribution is 2.28. The predicted molar refractivity (Wildman–Crippen MR) is 111 cm³/mol. The van der Waals surface area contributed by atoms with E-state index in [-0.39, 0.29) is 30.9 Å². The Bertz CT molecular complexity index is 966. The van der Waals surface area contributed by atoms with Crippen LogP contribution in [0, 0.1) is 11.3 Å². The summed E-state index contributed by atoms with van der Waals surface area (Å²) in [6, 6.07) is 16.1. The fourth-order valence-electron chi connectivity index (χ4n) is 3.45. The molecule has 2 atom stereocenters. The van der Waals surface area contributed by atoms with E-state index in [0.717, 1.165) is 4.90 Å². The molecule has 2 unspecified atom stereocenters. The Labute approximate surface area is 175 Å². The first-order valence-corrected chi connectivity index (χ1v) is 9.82. The average Bonchev–Trinajstić information content (AvgIpc) is 3.06. The van der Waals surface area contributed by atoms with E-state index in [1.54, 1.807) is 48.5 Å². The van der Waals surface area contributed by atoms with Gasteiger partial charge >= 0.3 is 0 Å². The normalized spacial score (nSPS) is 16.8. The number of rotatable bonds is 7. The molecular formula is C23H23N3O4. The first kappa shape index (κ1) is 21.1. The summed E-state index contributed by atoms with van der Waals surface area (Å²) in [7, 11) is 0. The number of amides is 3. The highest BCUT2D eigenvalue weighted by molar-refractivity contribution is 6.23. The van der Waals surface area contributed by atoms with Gasteiger partial charge in [-0.25, -0.2) is 4.90 Å². The van der Waals surface area contributed by atoms with Crippen molar-refractivity contribution in [3.8, 4) is 11.8 Å². The lowest BCUT2D eigenvalue weighted by Crippen LogP contribution is -2.51. The Balaban J connectivity index is 1.80. The molecule has 0 radical (unpaired) electrons. The molecule has 0 saturated carbocycles. The first-order valence-electron chi connectivity index (χ1n) is 9.82. The molecule has 3 rings (SSSR count). The molecule has 7 nitrogen and oxygen atoms in total. The summed E-state index contributed by atoms with van der Waals surface area (Å²) in [5.41, 5.74) is 0.826. The van der Waals surface area contributed by atoms with E-state index in [2.05, 4.69) is 0 Å². The second-order valence-corrected chi connectivity index (χ2v) is 7.11. The molecule has 0 spiro atoms. The van der Waals surface area contributed by atoms with Gasteiger partial charge in [0.05, 0.1) is 23.7 Å². The van der Waals surface area contributed by atoms with E-state index < -0.39 is 11.9 Å². The zero-order valence-electron chi connectivity index (χ0n) is 16.9. The van der Waals surface area contributed by atoms with Gasteiger partial charge in [0, 0.05) is 6.04 Å². The summed E-state index contributed by atoms with van der Waals surface area (Å²) in [5.74, 6) is -0.609. The molecule has 1 heterocycles. The van der Waals surface area contributed by atoms with E-state index in [1.807, 2.05) is 26.0 Å². The highest BCUT2D eigenvalue weighted by atomic mass is 16.5. The van der Waals surface area contributed by atoms with E-state index in [0.29, 0.717) is 23.4 Å². The molecule has 30 heavy (non-hydrogen) atoms. The number of nitriles is 1. The Morgan fingerprint density at radius 3 is 2.47 bits per heavy atom. The lowest BCUT2D eigenvalue weighted by molar-refractivity contribution is -0.142. The number of carbonyl (C=O) groups excluding carboxylic acids is 3. The topological polar surface area (TPSA) is 90.7 Å². The van der Waals surface area contributed by atoms with Gasteiger partial charge in [0.1, 0.15) is 11.8 Å². The van der Waals surface area contributed by atoms with Crippen LogP contribution < -0.4 is 9.64 Å². The van der Waals surface area contributed by atoms with Gasteiger partial charge < -0.3 is 9.64 Å². The Hall–Kier alpha value is -3.66. The molecule has 0 N–H and O–H groups in total. The van der Waals surface area contributed by atoms with Crippen molar-refractivity contribution in [1.82, 2.24) is 4.90 Å². The molecular weight excluding hydrogens is 382 g/mol. The van der Waals surface area contributed by atoms with E-state index in [4.69, 9.17) is 10.00 Å². The molecule has 3 amide bonds. The van der Waals surface area contributed by atoms with Crippen molar-refractivity contribution in [1.29, 1.82) is 5.26 Å². The number of imide groups is 1. The summed E-state index contributed by atoms with van der Waals surface area (Å²) >= 11 is 0. The van der Waals surface area contributed by atoms with E-state index in [1.165, 1.54) is 4.90 Å². The van der Waals surface area contributed by atoms with Gasteiger partial charge in [-0.1, -0.05) is 25.1 Å². The predicted octanol–water partition coefficient (Wildman–Crippen LogP) is 2.90. The lowest BCUT2D eigenvalue weighted by atomic mass is 10.1. The van der Waals surface area contributed by atoms with E-state index >= 15 is 0 Å². The van der Waals surface area contributed by atoms with Crippen LogP contribution >= 0.6 is 0 Å². The summed E-state index contributed by atoms with van der Waals surface area (Å²) in [4.78, 5) is 41.3. The quantitative estimate of drug-likeness (QED) is 0.661. The number of hydrogen-bond acceptors (Lipinski definition) is 5. The van der Waals surface area contributed by atoms with Crippen molar-refractivity contribution in [2.24, 2.45) is 0 Å². The number of anilines is 1. The SMILES string of the molecule is CCC(C)N(C(=O)COc1ccccc1)C1CC(=O)N(c2ccc(C#N)cc2)C1=O. The van der Waals surface area contributed by atoms with Crippen LogP contribution in [0.2, 0.25) is 0 Å². The first-order chi connectivity index (χ1) is 14.5. The Morgan fingerprint density at radius 1 is 1.20 bits per heavy atom. The molecule has 0 bridgehead atoms. The summed E-state index contributed by atoms with van der Waals surface area (Å²) in [5, 5.41) is 8.94. The van der Waals surface area contributed by atoms with Crippen LogP contribution in [0.4, 0.5) is 5.69 Å². The van der Waals surface area contributed by atoms with Crippen molar-refractivity contribution in [3.63, 3.8) is 0 Å². The fourth-order valence-corrected chi connectivity index (χ4v) is 3.45. The second-order valence-electron chi connectivity index (χ2n) is 7.11. The molecule has 1 saturated heterocycles. The van der Waals surface area contributed by atoms with Gasteiger partial charge in [-0.2, -0.15) is 5.26 Å². The molecule has 0 aromatic heterocycles. The van der Waals surface area contributed by atoms with Crippen LogP contribution in [0.25, 0.3) is 0 Å². The minimum Gasteiger partial charge on any atom is -0.484 e. The minimum atomic E-state index is -0.880.